The third-order valence-corrected chi connectivity index (χ3v) is 2.76. The van der Waals surface area contributed by atoms with E-state index in [1.54, 1.807) is 13.0 Å². The van der Waals surface area contributed by atoms with Gasteiger partial charge in [-0.2, -0.15) is 13.2 Å². The van der Waals surface area contributed by atoms with Gasteiger partial charge in [0.05, 0.1) is 18.2 Å². The number of hydrogen-bond acceptors (Lipinski definition) is 2. The molecule has 0 radical (unpaired) electrons. The molecule has 1 aromatic rings. The van der Waals surface area contributed by atoms with Crippen LogP contribution in [0.4, 0.5) is 13.2 Å². The molecule has 0 heterocycles. The Morgan fingerprint density at radius 2 is 1.90 bits per heavy atom. The second kappa shape index (κ2) is 6.74. The normalized spacial score (nSPS) is 13.3. The lowest BCUT2D eigenvalue weighted by atomic mass is 10.0. The van der Waals surface area contributed by atoms with Gasteiger partial charge in [-0.15, -0.1) is 0 Å². The highest BCUT2D eigenvalue weighted by Gasteiger charge is 2.30. The molecule has 0 fully saturated rings. The Labute approximate surface area is 116 Å². The van der Waals surface area contributed by atoms with E-state index in [1.807, 2.05) is 13.8 Å². The van der Waals surface area contributed by atoms with E-state index in [9.17, 15) is 18.0 Å². The van der Waals surface area contributed by atoms with Crippen LogP contribution >= 0.6 is 0 Å². The molecule has 20 heavy (non-hydrogen) atoms. The van der Waals surface area contributed by atoms with Crippen LogP contribution in [0.1, 0.15) is 37.9 Å². The topological polar surface area (TPSA) is 41.1 Å². The first kappa shape index (κ1) is 16.5. The molecule has 0 aliphatic rings. The molecule has 6 heteroatoms. The van der Waals surface area contributed by atoms with Crippen molar-refractivity contribution in [2.45, 2.75) is 39.0 Å². The van der Waals surface area contributed by atoms with Gasteiger partial charge in [0.2, 0.25) is 5.91 Å². The molecule has 3 nitrogen and oxygen atoms in total. The molecule has 2 N–H and O–H groups in total. The number of hydrogen-bond donors (Lipinski definition) is 2. The van der Waals surface area contributed by atoms with E-state index < -0.39 is 17.8 Å². The van der Waals surface area contributed by atoms with E-state index in [0.717, 1.165) is 12.1 Å². The number of benzene rings is 1. The van der Waals surface area contributed by atoms with Crippen molar-refractivity contribution in [1.82, 2.24) is 10.6 Å². The molecule has 0 saturated carbocycles. The summed E-state index contributed by atoms with van der Waals surface area (Å²) < 4.78 is 37.8. The lowest BCUT2D eigenvalue weighted by molar-refractivity contribution is -0.137. The fourth-order valence-corrected chi connectivity index (χ4v) is 1.66. The van der Waals surface area contributed by atoms with Crippen LogP contribution in [-0.4, -0.2) is 18.5 Å². The summed E-state index contributed by atoms with van der Waals surface area (Å²) in [5, 5.41) is 5.61. The zero-order chi connectivity index (χ0) is 15.3. The summed E-state index contributed by atoms with van der Waals surface area (Å²) in [6.07, 6.45) is -4.38. The van der Waals surface area contributed by atoms with E-state index in [4.69, 9.17) is 0 Å². The Bertz CT molecular complexity index is 458. The summed E-state index contributed by atoms with van der Waals surface area (Å²) in [5.74, 6) is -0.247. The number of alkyl halides is 3. The SMILES string of the molecule is CC(C)NCC(=O)NC(C)c1cccc(C(F)(F)F)c1. The van der Waals surface area contributed by atoms with Crippen molar-refractivity contribution in [1.29, 1.82) is 0 Å². The minimum absolute atomic E-state index is 0.140. The molecular weight excluding hydrogens is 269 g/mol. The fraction of sp³-hybridized carbons (Fsp3) is 0.500. The number of rotatable bonds is 5. The minimum Gasteiger partial charge on any atom is -0.348 e. The molecular formula is C14H19F3N2O. The van der Waals surface area contributed by atoms with Crippen molar-refractivity contribution in [3.8, 4) is 0 Å². The number of carbonyl (C=O) groups excluding carboxylic acids is 1. The number of nitrogens with one attached hydrogen (secondary N) is 2. The Balaban J connectivity index is 2.68. The second-order valence-electron chi connectivity index (χ2n) is 4.95. The predicted molar refractivity (Wildman–Crippen MR) is 71.1 cm³/mol. The molecule has 1 rings (SSSR count). The van der Waals surface area contributed by atoms with Crippen molar-refractivity contribution in [3.63, 3.8) is 0 Å². The van der Waals surface area contributed by atoms with Gasteiger partial charge >= 0.3 is 6.18 Å². The van der Waals surface area contributed by atoms with Crippen LogP contribution < -0.4 is 10.6 Å². The van der Waals surface area contributed by atoms with E-state index in [-0.39, 0.29) is 18.5 Å². The average molecular weight is 288 g/mol. The van der Waals surface area contributed by atoms with Crippen LogP contribution in [-0.2, 0) is 11.0 Å². The quantitative estimate of drug-likeness (QED) is 0.874. The van der Waals surface area contributed by atoms with Crippen molar-refractivity contribution < 1.29 is 18.0 Å². The van der Waals surface area contributed by atoms with E-state index in [1.165, 1.54) is 6.07 Å². The zero-order valence-corrected chi connectivity index (χ0v) is 11.7. The summed E-state index contributed by atoms with van der Waals surface area (Å²) in [6.45, 7) is 5.61. The Morgan fingerprint density at radius 1 is 1.25 bits per heavy atom. The van der Waals surface area contributed by atoms with Crippen LogP contribution in [0, 0.1) is 0 Å². The van der Waals surface area contributed by atoms with Gasteiger partial charge in [-0.25, -0.2) is 0 Å². The summed E-state index contributed by atoms with van der Waals surface area (Å²) in [4.78, 5) is 11.6. The predicted octanol–water partition coefficient (Wildman–Crippen LogP) is 2.88. The molecule has 112 valence electrons. The lowest BCUT2D eigenvalue weighted by Gasteiger charge is -2.17. The van der Waals surface area contributed by atoms with Gasteiger partial charge in [-0.1, -0.05) is 26.0 Å². The van der Waals surface area contributed by atoms with Gasteiger partial charge in [0.15, 0.2) is 0 Å². The van der Waals surface area contributed by atoms with Crippen LogP contribution in [0.2, 0.25) is 0 Å². The largest absolute Gasteiger partial charge is 0.416 e. The number of halogens is 3. The van der Waals surface area contributed by atoms with E-state index >= 15 is 0 Å². The first-order valence-electron chi connectivity index (χ1n) is 6.40. The van der Waals surface area contributed by atoms with Crippen molar-refractivity contribution in [2.75, 3.05) is 6.54 Å². The highest BCUT2D eigenvalue weighted by atomic mass is 19.4. The Hall–Kier alpha value is -1.56. The molecule has 1 unspecified atom stereocenters. The second-order valence-corrected chi connectivity index (χ2v) is 4.95. The van der Waals surface area contributed by atoms with Gasteiger partial charge in [-0.05, 0) is 24.6 Å². The van der Waals surface area contributed by atoms with Gasteiger partial charge in [0, 0.05) is 6.04 Å². The van der Waals surface area contributed by atoms with Crippen LogP contribution in [0.3, 0.4) is 0 Å². The highest BCUT2D eigenvalue weighted by molar-refractivity contribution is 5.78. The van der Waals surface area contributed by atoms with Gasteiger partial charge < -0.3 is 10.6 Å². The summed E-state index contributed by atoms with van der Waals surface area (Å²) in [7, 11) is 0. The van der Waals surface area contributed by atoms with Crippen LogP contribution in [0.25, 0.3) is 0 Å². The molecule has 0 aliphatic carbocycles. The van der Waals surface area contributed by atoms with Crippen molar-refractivity contribution >= 4 is 5.91 Å². The molecule has 0 bridgehead atoms. The Morgan fingerprint density at radius 3 is 2.45 bits per heavy atom. The zero-order valence-electron chi connectivity index (χ0n) is 11.7. The molecule has 1 aromatic carbocycles. The average Bonchev–Trinajstić information content (AvgIpc) is 2.35. The fourth-order valence-electron chi connectivity index (χ4n) is 1.66. The lowest BCUT2D eigenvalue weighted by Crippen LogP contribution is -2.38. The molecule has 0 saturated heterocycles. The van der Waals surface area contributed by atoms with E-state index in [0.29, 0.717) is 5.56 Å². The smallest absolute Gasteiger partial charge is 0.348 e. The standard InChI is InChI=1S/C14H19F3N2O/c1-9(2)18-8-13(20)19-10(3)11-5-4-6-12(7-11)14(15,16)17/h4-7,9-10,18H,8H2,1-3H3,(H,19,20). The molecule has 1 atom stereocenters. The molecule has 0 spiro atoms. The Kier molecular flexibility index (Phi) is 5.56. The first-order chi connectivity index (χ1) is 9.20. The maximum atomic E-state index is 12.6. The summed E-state index contributed by atoms with van der Waals surface area (Å²) >= 11 is 0. The summed E-state index contributed by atoms with van der Waals surface area (Å²) in [5.41, 5.74) is -0.283. The molecule has 0 aliphatic heterocycles. The maximum absolute atomic E-state index is 12.6. The monoisotopic (exact) mass is 288 g/mol. The number of amides is 1. The third-order valence-electron chi connectivity index (χ3n) is 2.76. The maximum Gasteiger partial charge on any atom is 0.416 e. The van der Waals surface area contributed by atoms with Crippen LogP contribution in [0.5, 0.6) is 0 Å². The minimum atomic E-state index is -4.38. The third kappa shape index (κ3) is 5.21. The first-order valence-corrected chi connectivity index (χ1v) is 6.40. The van der Waals surface area contributed by atoms with Gasteiger partial charge in [0.1, 0.15) is 0 Å². The van der Waals surface area contributed by atoms with Crippen LogP contribution in [0.15, 0.2) is 24.3 Å². The van der Waals surface area contributed by atoms with Crippen molar-refractivity contribution in [2.24, 2.45) is 0 Å². The molecule has 0 aromatic heterocycles. The summed E-state index contributed by atoms with van der Waals surface area (Å²) in [6, 6.07) is 4.67. The number of carbonyl (C=O) groups is 1. The highest BCUT2D eigenvalue weighted by Crippen LogP contribution is 2.30. The molecule has 1 amide bonds. The van der Waals surface area contributed by atoms with E-state index in [2.05, 4.69) is 10.6 Å². The van der Waals surface area contributed by atoms with Gasteiger partial charge in [-0.3, -0.25) is 4.79 Å². The van der Waals surface area contributed by atoms with Crippen molar-refractivity contribution in [3.05, 3.63) is 35.4 Å². The van der Waals surface area contributed by atoms with Gasteiger partial charge in [0.25, 0.3) is 0 Å².